The smallest absolute Gasteiger partial charge is 0.225 e. The Bertz CT molecular complexity index is 467. The molecule has 0 spiro atoms. The molecule has 0 atom stereocenters. The molecule has 1 saturated heterocycles. The Hall–Kier alpha value is -1.89. The maximum Gasteiger partial charge on any atom is 0.225 e. The van der Waals surface area contributed by atoms with Gasteiger partial charge in [-0.1, -0.05) is 13.8 Å². The lowest BCUT2D eigenvalue weighted by molar-refractivity contribution is 0.260. The molecule has 0 aromatic carbocycles. The summed E-state index contributed by atoms with van der Waals surface area (Å²) in [7, 11) is 1.81. The van der Waals surface area contributed by atoms with Crippen LogP contribution in [0.1, 0.15) is 13.8 Å². The second-order valence-corrected chi connectivity index (χ2v) is 6.15. The molecule has 7 nitrogen and oxygen atoms in total. The molecule has 1 fully saturated rings. The van der Waals surface area contributed by atoms with E-state index in [0.717, 1.165) is 57.7 Å². The molecule has 0 radical (unpaired) electrons. The van der Waals surface area contributed by atoms with E-state index in [1.54, 1.807) is 12.4 Å². The standard InChI is InChI=1S/C16H29N7/c1-14(2)13-21-15(17-3)18-7-8-22-9-11-23(12-10-22)16-19-5-4-6-20-16/h4-6,14H,7-13H2,1-3H3,(H2,17,18,21). The molecule has 128 valence electrons. The highest BCUT2D eigenvalue weighted by Gasteiger charge is 2.18. The van der Waals surface area contributed by atoms with Crippen LogP contribution in [0, 0.1) is 5.92 Å². The van der Waals surface area contributed by atoms with Crippen molar-refractivity contribution in [3.05, 3.63) is 18.5 Å². The quantitative estimate of drug-likeness (QED) is 0.585. The number of anilines is 1. The highest BCUT2D eigenvalue weighted by atomic mass is 15.3. The summed E-state index contributed by atoms with van der Waals surface area (Å²) in [4.78, 5) is 17.6. The van der Waals surface area contributed by atoms with Crippen LogP contribution in [0.25, 0.3) is 0 Å². The third kappa shape index (κ3) is 6.02. The predicted octanol–water partition coefficient (Wildman–Crippen LogP) is 0.420. The molecule has 1 aliphatic rings. The van der Waals surface area contributed by atoms with Crippen LogP contribution in [-0.4, -0.2) is 73.7 Å². The normalized spacial score (nSPS) is 16.7. The van der Waals surface area contributed by atoms with Gasteiger partial charge in [-0.3, -0.25) is 9.89 Å². The zero-order valence-electron chi connectivity index (χ0n) is 14.5. The van der Waals surface area contributed by atoms with Gasteiger partial charge in [0.15, 0.2) is 5.96 Å². The average Bonchev–Trinajstić information content (AvgIpc) is 2.59. The Kier molecular flexibility index (Phi) is 7.06. The first-order valence-electron chi connectivity index (χ1n) is 8.38. The van der Waals surface area contributed by atoms with Crippen LogP contribution in [0.15, 0.2) is 23.5 Å². The SMILES string of the molecule is CN=C(NCCN1CCN(c2ncccn2)CC1)NCC(C)C. The first-order chi connectivity index (χ1) is 11.2. The number of nitrogens with zero attached hydrogens (tertiary/aromatic N) is 5. The molecule has 0 amide bonds. The number of guanidine groups is 1. The van der Waals surface area contributed by atoms with Gasteiger partial charge in [0.25, 0.3) is 0 Å². The van der Waals surface area contributed by atoms with Crippen molar-refractivity contribution in [2.24, 2.45) is 10.9 Å². The highest BCUT2D eigenvalue weighted by Crippen LogP contribution is 2.08. The van der Waals surface area contributed by atoms with Gasteiger partial charge in [-0.05, 0) is 12.0 Å². The van der Waals surface area contributed by atoms with Crippen molar-refractivity contribution in [3.63, 3.8) is 0 Å². The summed E-state index contributed by atoms with van der Waals surface area (Å²) in [5.74, 6) is 2.33. The van der Waals surface area contributed by atoms with E-state index < -0.39 is 0 Å². The van der Waals surface area contributed by atoms with Gasteiger partial charge >= 0.3 is 0 Å². The zero-order valence-corrected chi connectivity index (χ0v) is 14.5. The van der Waals surface area contributed by atoms with Gasteiger partial charge in [0, 0.05) is 65.3 Å². The molecule has 2 rings (SSSR count). The van der Waals surface area contributed by atoms with E-state index in [0.29, 0.717) is 5.92 Å². The molecule has 2 N–H and O–H groups in total. The number of aliphatic imine (C=N–C) groups is 1. The third-order valence-electron chi connectivity index (χ3n) is 3.83. The first kappa shape index (κ1) is 17.5. The van der Waals surface area contributed by atoms with Gasteiger partial charge in [-0.25, -0.2) is 9.97 Å². The Balaban J connectivity index is 1.65. The van der Waals surface area contributed by atoms with Crippen molar-refractivity contribution < 1.29 is 0 Å². The second-order valence-electron chi connectivity index (χ2n) is 6.15. The van der Waals surface area contributed by atoms with Crippen molar-refractivity contribution in [1.29, 1.82) is 0 Å². The lowest BCUT2D eigenvalue weighted by Crippen LogP contribution is -2.49. The van der Waals surface area contributed by atoms with Gasteiger partial charge < -0.3 is 15.5 Å². The number of rotatable bonds is 6. The molecule has 2 heterocycles. The van der Waals surface area contributed by atoms with E-state index in [9.17, 15) is 0 Å². The Morgan fingerprint density at radius 2 is 1.87 bits per heavy atom. The monoisotopic (exact) mass is 319 g/mol. The largest absolute Gasteiger partial charge is 0.356 e. The average molecular weight is 319 g/mol. The number of piperazine rings is 1. The Morgan fingerprint density at radius 1 is 1.17 bits per heavy atom. The molecular formula is C16H29N7. The Morgan fingerprint density at radius 3 is 2.48 bits per heavy atom. The van der Waals surface area contributed by atoms with Crippen LogP contribution in [-0.2, 0) is 0 Å². The van der Waals surface area contributed by atoms with Gasteiger partial charge in [-0.15, -0.1) is 0 Å². The van der Waals surface area contributed by atoms with Crippen LogP contribution in [0.2, 0.25) is 0 Å². The Labute approximate surface area is 139 Å². The zero-order chi connectivity index (χ0) is 16.5. The molecule has 1 aliphatic heterocycles. The molecule has 23 heavy (non-hydrogen) atoms. The fraction of sp³-hybridized carbons (Fsp3) is 0.688. The molecule has 0 unspecified atom stereocenters. The van der Waals surface area contributed by atoms with E-state index in [2.05, 4.69) is 49.2 Å². The lowest BCUT2D eigenvalue weighted by atomic mass is 10.2. The number of hydrogen-bond donors (Lipinski definition) is 2. The summed E-state index contributed by atoms with van der Waals surface area (Å²) in [6.07, 6.45) is 3.60. The summed E-state index contributed by atoms with van der Waals surface area (Å²) < 4.78 is 0. The van der Waals surface area contributed by atoms with E-state index in [-0.39, 0.29) is 0 Å². The van der Waals surface area contributed by atoms with Crippen LogP contribution in [0.4, 0.5) is 5.95 Å². The second kappa shape index (κ2) is 9.29. The number of hydrogen-bond acceptors (Lipinski definition) is 5. The summed E-state index contributed by atoms with van der Waals surface area (Å²) in [5, 5.41) is 6.70. The van der Waals surface area contributed by atoms with E-state index >= 15 is 0 Å². The lowest BCUT2D eigenvalue weighted by Gasteiger charge is -2.34. The van der Waals surface area contributed by atoms with Gasteiger partial charge in [0.05, 0.1) is 0 Å². The topological polar surface area (TPSA) is 68.7 Å². The molecule has 7 heteroatoms. The maximum atomic E-state index is 4.32. The van der Waals surface area contributed by atoms with Crippen molar-refractivity contribution >= 4 is 11.9 Å². The van der Waals surface area contributed by atoms with Crippen molar-refractivity contribution in [2.75, 3.05) is 57.8 Å². The maximum absolute atomic E-state index is 4.32. The predicted molar refractivity (Wildman–Crippen MR) is 94.9 cm³/mol. The summed E-state index contributed by atoms with van der Waals surface area (Å²) >= 11 is 0. The van der Waals surface area contributed by atoms with Crippen LogP contribution in [0.5, 0.6) is 0 Å². The third-order valence-corrected chi connectivity index (χ3v) is 3.83. The van der Waals surface area contributed by atoms with Crippen molar-refractivity contribution in [1.82, 2.24) is 25.5 Å². The summed E-state index contributed by atoms with van der Waals surface area (Å²) in [6.45, 7) is 11.3. The van der Waals surface area contributed by atoms with Crippen LogP contribution < -0.4 is 15.5 Å². The minimum atomic E-state index is 0.613. The number of aromatic nitrogens is 2. The fourth-order valence-electron chi connectivity index (χ4n) is 2.48. The fourth-order valence-corrected chi connectivity index (χ4v) is 2.48. The minimum Gasteiger partial charge on any atom is -0.356 e. The number of nitrogens with one attached hydrogen (secondary N) is 2. The molecule has 1 aromatic heterocycles. The minimum absolute atomic E-state index is 0.613. The van der Waals surface area contributed by atoms with Gasteiger partial charge in [0.1, 0.15) is 0 Å². The van der Waals surface area contributed by atoms with Crippen LogP contribution in [0.3, 0.4) is 0 Å². The molecule has 0 saturated carbocycles. The molecule has 0 aliphatic carbocycles. The van der Waals surface area contributed by atoms with Gasteiger partial charge in [-0.2, -0.15) is 0 Å². The molecule has 0 bridgehead atoms. The summed E-state index contributed by atoms with van der Waals surface area (Å²) in [5.41, 5.74) is 0. The first-order valence-corrected chi connectivity index (χ1v) is 8.38. The molecule has 1 aromatic rings. The van der Waals surface area contributed by atoms with Crippen molar-refractivity contribution in [3.8, 4) is 0 Å². The van der Waals surface area contributed by atoms with Gasteiger partial charge in [0.2, 0.25) is 5.95 Å². The van der Waals surface area contributed by atoms with E-state index in [1.807, 2.05) is 13.1 Å². The highest BCUT2D eigenvalue weighted by molar-refractivity contribution is 5.79. The van der Waals surface area contributed by atoms with E-state index in [1.165, 1.54) is 0 Å². The van der Waals surface area contributed by atoms with Crippen molar-refractivity contribution in [2.45, 2.75) is 13.8 Å². The molecular weight excluding hydrogens is 290 g/mol. The van der Waals surface area contributed by atoms with Crippen LogP contribution >= 0.6 is 0 Å². The van der Waals surface area contributed by atoms with E-state index in [4.69, 9.17) is 0 Å². The summed E-state index contributed by atoms with van der Waals surface area (Å²) in [6, 6.07) is 1.85.